The fourth-order valence-electron chi connectivity index (χ4n) is 3.65. The van der Waals surface area contributed by atoms with Crippen molar-refractivity contribution in [2.45, 2.75) is 25.9 Å². The largest absolute Gasteiger partial charge is 0.454 e. The van der Waals surface area contributed by atoms with Gasteiger partial charge in [0, 0.05) is 24.1 Å². The first-order chi connectivity index (χ1) is 13.2. The lowest BCUT2D eigenvalue weighted by Gasteiger charge is -2.32. The van der Waals surface area contributed by atoms with Crippen LogP contribution in [0.15, 0.2) is 46.9 Å². The molecule has 142 valence electrons. The van der Waals surface area contributed by atoms with E-state index in [0.29, 0.717) is 6.54 Å². The number of hydrogen-bond donors (Lipinski definition) is 1. The summed E-state index contributed by atoms with van der Waals surface area (Å²) in [6.45, 7) is 3.52. The van der Waals surface area contributed by atoms with Gasteiger partial charge >= 0.3 is 0 Å². The summed E-state index contributed by atoms with van der Waals surface area (Å²) in [6.07, 6.45) is 2.00. The standard InChI is InChI=1S/C21H23BrN2O3/c22-18-6-3-15(4-7-18)12-24-9-1-2-17(13-24)21(25)23-11-16-5-8-19-20(10-16)27-14-26-19/h3-8,10,17H,1-2,9,11-14H2,(H,23,25). The number of amides is 1. The van der Waals surface area contributed by atoms with Gasteiger partial charge in [-0.1, -0.05) is 34.1 Å². The number of carbonyl (C=O) groups excluding carboxylic acids is 1. The van der Waals surface area contributed by atoms with Crippen LogP contribution in [0.5, 0.6) is 11.5 Å². The molecule has 2 aromatic carbocycles. The van der Waals surface area contributed by atoms with E-state index >= 15 is 0 Å². The SMILES string of the molecule is O=C(NCc1ccc2c(c1)OCO2)C1CCCN(Cc2ccc(Br)cc2)C1. The van der Waals surface area contributed by atoms with Gasteiger partial charge in [-0.3, -0.25) is 9.69 Å². The zero-order valence-electron chi connectivity index (χ0n) is 15.1. The molecule has 5 nitrogen and oxygen atoms in total. The average molecular weight is 431 g/mol. The smallest absolute Gasteiger partial charge is 0.231 e. The average Bonchev–Trinajstić information content (AvgIpc) is 3.16. The molecule has 1 saturated heterocycles. The number of piperidine rings is 1. The van der Waals surface area contributed by atoms with Crippen molar-refractivity contribution in [2.24, 2.45) is 5.92 Å². The number of ether oxygens (including phenoxy) is 2. The third kappa shape index (κ3) is 4.62. The van der Waals surface area contributed by atoms with E-state index in [1.807, 2.05) is 18.2 Å². The molecule has 0 saturated carbocycles. The number of hydrogen-bond acceptors (Lipinski definition) is 4. The summed E-state index contributed by atoms with van der Waals surface area (Å²) in [4.78, 5) is 15.0. The summed E-state index contributed by atoms with van der Waals surface area (Å²) in [5, 5.41) is 3.08. The summed E-state index contributed by atoms with van der Waals surface area (Å²) in [6, 6.07) is 14.2. The number of likely N-dealkylation sites (tertiary alicyclic amines) is 1. The minimum absolute atomic E-state index is 0.0446. The van der Waals surface area contributed by atoms with Crippen molar-refractivity contribution in [3.8, 4) is 11.5 Å². The minimum Gasteiger partial charge on any atom is -0.454 e. The molecular formula is C21H23BrN2O3. The molecule has 0 spiro atoms. The number of halogens is 1. The summed E-state index contributed by atoms with van der Waals surface area (Å²) in [7, 11) is 0. The van der Waals surface area contributed by atoms with E-state index < -0.39 is 0 Å². The van der Waals surface area contributed by atoms with Gasteiger partial charge in [-0.15, -0.1) is 0 Å². The highest BCUT2D eigenvalue weighted by Crippen LogP contribution is 2.32. The van der Waals surface area contributed by atoms with Crippen molar-refractivity contribution in [1.29, 1.82) is 0 Å². The van der Waals surface area contributed by atoms with E-state index in [9.17, 15) is 4.79 Å². The first kappa shape index (κ1) is 18.3. The van der Waals surface area contributed by atoms with Crippen molar-refractivity contribution in [3.05, 3.63) is 58.1 Å². The summed E-state index contributed by atoms with van der Waals surface area (Å²) < 4.78 is 11.8. The Bertz CT molecular complexity index is 810. The molecule has 2 heterocycles. The van der Waals surface area contributed by atoms with Crippen LogP contribution in [-0.2, 0) is 17.9 Å². The maximum Gasteiger partial charge on any atom is 0.231 e. The Labute approximate surface area is 167 Å². The van der Waals surface area contributed by atoms with Crippen LogP contribution in [0, 0.1) is 5.92 Å². The normalized spacial score (nSPS) is 19.1. The van der Waals surface area contributed by atoms with Crippen molar-refractivity contribution < 1.29 is 14.3 Å². The molecule has 1 unspecified atom stereocenters. The maximum atomic E-state index is 12.6. The highest BCUT2D eigenvalue weighted by Gasteiger charge is 2.25. The topological polar surface area (TPSA) is 50.8 Å². The predicted molar refractivity (Wildman–Crippen MR) is 107 cm³/mol. The molecule has 1 atom stereocenters. The van der Waals surface area contributed by atoms with E-state index in [4.69, 9.17) is 9.47 Å². The molecule has 0 aromatic heterocycles. The molecule has 0 aliphatic carbocycles. The van der Waals surface area contributed by atoms with Crippen LogP contribution in [0.3, 0.4) is 0 Å². The third-order valence-corrected chi connectivity index (χ3v) is 5.63. The Morgan fingerprint density at radius 1 is 1.11 bits per heavy atom. The van der Waals surface area contributed by atoms with E-state index in [0.717, 1.165) is 54.0 Å². The fraction of sp³-hybridized carbons (Fsp3) is 0.381. The molecule has 2 aliphatic rings. The molecule has 2 aromatic rings. The molecule has 0 bridgehead atoms. The highest BCUT2D eigenvalue weighted by molar-refractivity contribution is 9.10. The third-order valence-electron chi connectivity index (χ3n) is 5.10. The Kier molecular flexibility index (Phi) is 5.64. The van der Waals surface area contributed by atoms with Gasteiger partial charge < -0.3 is 14.8 Å². The highest BCUT2D eigenvalue weighted by atomic mass is 79.9. The zero-order chi connectivity index (χ0) is 18.6. The molecule has 6 heteroatoms. The second-order valence-electron chi connectivity index (χ2n) is 7.11. The Morgan fingerprint density at radius 2 is 1.89 bits per heavy atom. The van der Waals surface area contributed by atoms with Gasteiger partial charge in [-0.25, -0.2) is 0 Å². The number of benzene rings is 2. The summed E-state index contributed by atoms with van der Waals surface area (Å²) in [5.41, 5.74) is 2.30. The van der Waals surface area contributed by atoms with Gasteiger partial charge in [0.05, 0.1) is 5.92 Å². The number of rotatable bonds is 5. The first-order valence-corrected chi connectivity index (χ1v) is 10.1. The molecule has 1 amide bonds. The lowest BCUT2D eigenvalue weighted by molar-refractivity contribution is -0.126. The van der Waals surface area contributed by atoms with Crippen molar-refractivity contribution in [3.63, 3.8) is 0 Å². The molecule has 27 heavy (non-hydrogen) atoms. The van der Waals surface area contributed by atoms with Crippen LogP contribution in [0.4, 0.5) is 0 Å². The van der Waals surface area contributed by atoms with Crippen LogP contribution in [0.1, 0.15) is 24.0 Å². The lowest BCUT2D eigenvalue weighted by Crippen LogP contribution is -2.42. The van der Waals surface area contributed by atoms with Crippen molar-refractivity contribution >= 4 is 21.8 Å². The van der Waals surface area contributed by atoms with Crippen molar-refractivity contribution in [1.82, 2.24) is 10.2 Å². The number of nitrogens with zero attached hydrogens (tertiary/aromatic N) is 1. The van der Waals surface area contributed by atoms with Gasteiger partial charge in [-0.2, -0.15) is 0 Å². The van der Waals surface area contributed by atoms with E-state index in [2.05, 4.69) is 50.4 Å². The Balaban J connectivity index is 1.29. The fourth-order valence-corrected chi connectivity index (χ4v) is 3.91. The van der Waals surface area contributed by atoms with Gasteiger partial charge in [0.2, 0.25) is 12.7 Å². The van der Waals surface area contributed by atoms with Crippen LogP contribution in [0.25, 0.3) is 0 Å². The van der Waals surface area contributed by atoms with Gasteiger partial charge in [0.1, 0.15) is 0 Å². The van der Waals surface area contributed by atoms with Gasteiger partial charge in [-0.05, 0) is 54.8 Å². The molecular weight excluding hydrogens is 408 g/mol. The minimum atomic E-state index is 0.0446. The Morgan fingerprint density at radius 3 is 2.74 bits per heavy atom. The van der Waals surface area contributed by atoms with Crippen LogP contribution in [0.2, 0.25) is 0 Å². The Hall–Kier alpha value is -2.05. The van der Waals surface area contributed by atoms with E-state index in [1.54, 1.807) is 0 Å². The number of nitrogens with one attached hydrogen (secondary N) is 1. The zero-order valence-corrected chi connectivity index (χ0v) is 16.7. The molecule has 1 fully saturated rings. The first-order valence-electron chi connectivity index (χ1n) is 9.30. The maximum absolute atomic E-state index is 12.6. The molecule has 0 radical (unpaired) electrons. The van der Waals surface area contributed by atoms with Crippen LogP contribution < -0.4 is 14.8 Å². The molecule has 2 aliphatic heterocycles. The van der Waals surface area contributed by atoms with Crippen LogP contribution >= 0.6 is 15.9 Å². The monoisotopic (exact) mass is 430 g/mol. The van der Waals surface area contributed by atoms with E-state index in [-0.39, 0.29) is 18.6 Å². The van der Waals surface area contributed by atoms with Crippen LogP contribution in [-0.4, -0.2) is 30.7 Å². The summed E-state index contributed by atoms with van der Waals surface area (Å²) >= 11 is 3.47. The van der Waals surface area contributed by atoms with Gasteiger partial charge in [0.25, 0.3) is 0 Å². The lowest BCUT2D eigenvalue weighted by atomic mass is 9.96. The molecule has 4 rings (SSSR count). The predicted octanol–water partition coefficient (Wildman–Crippen LogP) is 3.71. The van der Waals surface area contributed by atoms with Gasteiger partial charge in [0.15, 0.2) is 11.5 Å². The number of carbonyl (C=O) groups is 1. The summed E-state index contributed by atoms with van der Waals surface area (Å²) in [5.74, 6) is 1.69. The number of fused-ring (bicyclic) bond motifs is 1. The van der Waals surface area contributed by atoms with Crippen molar-refractivity contribution in [2.75, 3.05) is 19.9 Å². The second kappa shape index (κ2) is 8.31. The quantitative estimate of drug-likeness (QED) is 0.785. The second-order valence-corrected chi connectivity index (χ2v) is 8.02. The van der Waals surface area contributed by atoms with E-state index in [1.165, 1.54) is 5.56 Å². The molecule has 1 N–H and O–H groups in total.